The maximum atomic E-state index is 6.63. The van der Waals surface area contributed by atoms with Gasteiger partial charge in [0.1, 0.15) is 0 Å². The fourth-order valence-electron chi connectivity index (χ4n) is 12.2. The summed E-state index contributed by atoms with van der Waals surface area (Å²) in [5, 5.41) is 0. The van der Waals surface area contributed by atoms with Gasteiger partial charge in [-0.05, 0) is 182 Å². The average Bonchev–Trinajstić information content (AvgIpc) is 3.76. The van der Waals surface area contributed by atoms with Crippen LogP contribution in [0, 0.1) is 20.8 Å². The molecule has 0 saturated heterocycles. The zero-order chi connectivity index (χ0) is 54.4. The van der Waals surface area contributed by atoms with Gasteiger partial charge in [-0.15, -0.1) is 0 Å². The third-order valence-corrected chi connectivity index (χ3v) is 16.3. The molecule has 0 aromatic heterocycles. The van der Waals surface area contributed by atoms with Gasteiger partial charge in [-0.2, -0.15) is 0 Å². The highest BCUT2D eigenvalue weighted by molar-refractivity contribution is 7.00. The summed E-state index contributed by atoms with van der Waals surface area (Å²) in [6.07, 6.45) is 0.824. The summed E-state index contributed by atoms with van der Waals surface area (Å²) in [6, 6.07) is 68.7. The van der Waals surface area contributed by atoms with Crippen LogP contribution in [0.2, 0.25) is 0 Å². The normalized spacial score (nSPS) is 13.9. The number of hydrogen-bond donors (Lipinski definition) is 0. The molecule has 0 atom stereocenters. The zero-order valence-electron chi connectivity index (χ0n) is 47.7. The predicted molar refractivity (Wildman–Crippen MR) is 332 cm³/mol. The first kappa shape index (κ1) is 50.8. The van der Waals surface area contributed by atoms with Crippen molar-refractivity contribution in [2.75, 3.05) is 27.9 Å². The maximum Gasteiger partial charge on any atom is 0.252 e. The van der Waals surface area contributed by atoms with Crippen LogP contribution >= 0.6 is 0 Å². The Morgan fingerprint density at radius 1 is 0.410 bits per heavy atom. The third-order valence-electron chi connectivity index (χ3n) is 16.3. The number of hydrogen-bond acceptors (Lipinski definition) is 5. The van der Waals surface area contributed by atoms with E-state index in [2.05, 4.69) is 280 Å². The van der Waals surface area contributed by atoms with E-state index in [1.165, 1.54) is 72.3 Å². The third kappa shape index (κ3) is 9.13. The molecule has 12 rings (SSSR count). The molecule has 390 valence electrons. The Balaban J connectivity index is 1.17. The molecule has 0 amide bonds. The smallest absolute Gasteiger partial charge is 0.252 e. The highest BCUT2D eigenvalue weighted by Crippen LogP contribution is 2.51. The molecule has 0 saturated carbocycles. The molecule has 9 aromatic carbocycles. The highest BCUT2D eigenvalue weighted by atomic mass is 16.5. The number of ether oxygens (including phenoxy) is 2. The Kier molecular flexibility index (Phi) is 12.5. The van der Waals surface area contributed by atoms with Crippen LogP contribution in [0.1, 0.15) is 102 Å². The van der Waals surface area contributed by atoms with E-state index in [-0.39, 0.29) is 23.0 Å². The van der Waals surface area contributed by atoms with Crippen molar-refractivity contribution in [3.63, 3.8) is 0 Å². The van der Waals surface area contributed by atoms with E-state index in [1.54, 1.807) is 0 Å². The van der Waals surface area contributed by atoms with Crippen LogP contribution in [-0.4, -0.2) is 19.9 Å². The van der Waals surface area contributed by atoms with Gasteiger partial charge in [0.25, 0.3) is 6.71 Å². The Morgan fingerprint density at radius 2 is 0.897 bits per heavy atom. The molecule has 6 heteroatoms. The Hall–Kier alpha value is -7.96. The monoisotopic (exact) mass is 1020 g/mol. The molecule has 5 nitrogen and oxygen atoms in total. The van der Waals surface area contributed by atoms with Gasteiger partial charge in [0.05, 0.1) is 18.9 Å². The van der Waals surface area contributed by atoms with Crippen LogP contribution in [0.25, 0.3) is 22.3 Å². The number of rotatable bonds is 7. The van der Waals surface area contributed by atoms with Crippen molar-refractivity contribution in [1.82, 2.24) is 0 Å². The van der Waals surface area contributed by atoms with Gasteiger partial charge in [-0.3, -0.25) is 0 Å². The fourth-order valence-corrected chi connectivity index (χ4v) is 12.2. The summed E-state index contributed by atoms with van der Waals surface area (Å²) in [7, 11) is 0. The molecule has 0 unspecified atom stereocenters. The molecule has 78 heavy (non-hydrogen) atoms. The second-order valence-corrected chi connectivity index (χ2v) is 25.1. The molecule has 0 aliphatic carbocycles. The minimum atomic E-state index is -0.145. The van der Waals surface area contributed by atoms with Crippen LogP contribution in [0.5, 0.6) is 11.5 Å². The van der Waals surface area contributed by atoms with Crippen molar-refractivity contribution in [3.05, 3.63) is 215 Å². The molecular weight excluding hydrogens is 950 g/mol. The predicted octanol–water partition coefficient (Wildman–Crippen LogP) is 17.6. The summed E-state index contributed by atoms with van der Waals surface area (Å²) >= 11 is 0. The molecule has 0 spiro atoms. The van der Waals surface area contributed by atoms with Crippen LogP contribution in [0.4, 0.5) is 51.2 Å². The Labute approximate surface area is 464 Å². The van der Waals surface area contributed by atoms with Gasteiger partial charge in [0.15, 0.2) is 11.5 Å². The van der Waals surface area contributed by atoms with Crippen molar-refractivity contribution >= 4 is 74.3 Å². The van der Waals surface area contributed by atoms with E-state index in [4.69, 9.17) is 9.47 Å². The SMILES string of the molecule is Cc1cc2c3c(c1)N(c1c(C)cc(C(C)(C)C)cc1C)c1cc4c(cc1B3c1ccc(N(c3ccccc3)c3ccccc3)cc1N2c1cc(-c2ccc(C(C)(C)C)cc2)cc(-c2ccc(C(C)(C)C)cc2)c1)OCCCO4. The molecule has 0 N–H and O–H groups in total. The van der Waals surface area contributed by atoms with Crippen LogP contribution in [-0.2, 0) is 16.2 Å². The van der Waals surface area contributed by atoms with Gasteiger partial charge in [0.2, 0.25) is 0 Å². The Morgan fingerprint density at radius 3 is 1.41 bits per heavy atom. The van der Waals surface area contributed by atoms with E-state index >= 15 is 0 Å². The summed E-state index contributed by atoms with van der Waals surface area (Å²) in [4.78, 5) is 7.53. The molecule has 3 aliphatic rings. The topological polar surface area (TPSA) is 28.2 Å². The van der Waals surface area contributed by atoms with E-state index in [0.717, 1.165) is 68.9 Å². The van der Waals surface area contributed by atoms with Crippen molar-refractivity contribution in [3.8, 4) is 33.8 Å². The second kappa shape index (κ2) is 19.2. The largest absolute Gasteiger partial charge is 0.490 e. The number of fused-ring (bicyclic) bond motifs is 5. The highest BCUT2D eigenvalue weighted by Gasteiger charge is 2.45. The van der Waals surface area contributed by atoms with Crippen molar-refractivity contribution in [2.45, 2.75) is 106 Å². The minimum absolute atomic E-state index is 0.0136. The molecule has 0 fully saturated rings. The number of benzene rings is 9. The molecule has 9 aromatic rings. The average molecular weight is 1020 g/mol. The lowest BCUT2D eigenvalue weighted by Crippen LogP contribution is -2.61. The zero-order valence-corrected chi connectivity index (χ0v) is 47.7. The van der Waals surface area contributed by atoms with Crippen molar-refractivity contribution in [1.29, 1.82) is 0 Å². The fraction of sp³-hybridized carbons (Fsp3) is 0.250. The first-order valence-electron chi connectivity index (χ1n) is 28.0. The van der Waals surface area contributed by atoms with Crippen LogP contribution in [0.15, 0.2) is 182 Å². The van der Waals surface area contributed by atoms with Crippen LogP contribution < -0.4 is 40.6 Å². The summed E-state index contributed by atoms with van der Waals surface area (Å²) in [6.45, 7) is 28.6. The first-order chi connectivity index (χ1) is 37.3. The van der Waals surface area contributed by atoms with Crippen molar-refractivity contribution < 1.29 is 9.47 Å². The number of nitrogens with zero attached hydrogens (tertiary/aromatic N) is 3. The molecule has 0 bridgehead atoms. The van der Waals surface area contributed by atoms with E-state index in [0.29, 0.717) is 13.2 Å². The quantitative estimate of drug-likeness (QED) is 0.148. The van der Waals surface area contributed by atoms with Gasteiger partial charge < -0.3 is 24.2 Å². The summed E-state index contributed by atoms with van der Waals surface area (Å²) in [5.74, 6) is 1.59. The van der Waals surface area contributed by atoms with Gasteiger partial charge in [-0.25, -0.2) is 0 Å². The Bertz CT molecular complexity index is 3610. The van der Waals surface area contributed by atoms with Crippen LogP contribution in [0.3, 0.4) is 0 Å². The standard InChI is InChI=1S/C72H72BN3O2/c1-46-36-64-68-65(37-46)76(69-47(2)38-55(39-48(69)3)72(10,11)12)63-45-67-66(77-34-19-35-78-67)44-61(63)73(68)60-33-32-58(74(56-20-15-13-16-21-56)57-22-17-14-18-23-57)43-62(60)75(64)59-41-51(49-24-28-53(29-25-49)70(4,5)6)40-52(42-59)50-26-30-54(31-27-50)71(7,8)9/h13-18,20-33,36-45H,19,34-35H2,1-12H3. The number of para-hydroxylation sites is 2. The number of anilines is 9. The lowest BCUT2D eigenvalue weighted by Gasteiger charge is -2.45. The molecule has 3 heterocycles. The maximum absolute atomic E-state index is 6.63. The van der Waals surface area contributed by atoms with E-state index in [1.807, 2.05) is 0 Å². The molecule has 0 radical (unpaired) electrons. The molecular formula is C72H72BN3O2. The minimum Gasteiger partial charge on any atom is -0.490 e. The molecule has 3 aliphatic heterocycles. The first-order valence-corrected chi connectivity index (χ1v) is 28.0. The lowest BCUT2D eigenvalue weighted by molar-refractivity contribution is 0.297. The van der Waals surface area contributed by atoms with Gasteiger partial charge in [0, 0.05) is 58.0 Å². The van der Waals surface area contributed by atoms with Gasteiger partial charge >= 0.3 is 0 Å². The van der Waals surface area contributed by atoms with Crippen molar-refractivity contribution in [2.24, 2.45) is 0 Å². The number of aryl methyl sites for hydroxylation is 3. The van der Waals surface area contributed by atoms with E-state index < -0.39 is 0 Å². The lowest BCUT2D eigenvalue weighted by atomic mass is 9.33. The summed E-state index contributed by atoms with van der Waals surface area (Å²) in [5.41, 5.74) is 26.1. The summed E-state index contributed by atoms with van der Waals surface area (Å²) < 4.78 is 13.2. The van der Waals surface area contributed by atoms with Gasteiger partial charge in [-0.1, -0.05) is 165 Å². The second-order valence-electron chi connectivity index (χ2n) is 25.1. The van der Waals surface area contributed by atoms with E-state index in [9.17, 15) is 0 Å².